The van der Waals surface area contributed by atoms with Crippen LogP contribution in [0, 0.1) is 6.92 Å². The van der Waals surface area contributed by atoms with Crippen molar-refractivity contribution in [2.75, 3.05) is 13.1 Å². The summed E-state index contributed by atoms with van der Waals surface area (Å²) in [4.78, 5) is 12.1. The molecule has 2 N–H and O–H groups in total. The van der Waals surface area contributed by atoms with E-state index in [1.54, 1.807) is 0 Å². The Hall–Kier alpha value is -1.81. The molecule has 1 aliphatic heterocycles. The van der Waals surface area contributed by atoms with Crippen molar-refractivity contribution in [2.45, 2.75) is 25.8 Å². The number of aryl methyl sites for hydroxylation is 1. The number of rotatable bonds is 2. The Bertz CT molecular complexity index is 597. The molecule has 1 fully saturated rings. The molecule has 4 heteroatoms. The molecule has 1 saturated heterocycles. The van der Waals surface area contributed by atoms with Crippen molar-refractivity contribution in [3.63, 3.8) is 0 Å². The average Bonchev–Trinajstić information content (AvgIpc) is 2.83. The van der Waals surface area contributed by atoms with Gasteiger partial charge in [-0.05, 0) is 51.1 Å². The van der Waals surface area contributed by atoms with Gasteiger partial charge < -0.3 is 15.1 Å². The van der Waals surface area contributed by atoms with E-state index in [4.69, 9.17) is 4.42 Å². The first kappa shape index (κ1) is 12.2. The monoisotopic (exact) mass is 258 g/mol. The van der Waals surface area contributed by atoms with Gasteiger partial charge in [-0.1, -0.05) is 11.6 Å². The minimum atomic E-state index is -0.110. The van der Waals surface area contributed by atoms with Crippen LogP contribution in [-0.4, -0.2) is 25.0 Å². The van der Waals surface area contributed by atoms with Gasteiger partial charge in [0.25, 0.3) is 5.91 Å². The quantitative estimate of drug-likeness (QED) is 0.868. The third-order valence-electron chi connectivity index (χ3n) is 3.57. The van der Waals surface area contributed by atoms with E-state index in [1.807, 2.05) is 31.2 Å². The topological polar surface area (TPSA) is 54.3 Å². The zero-order valence-corrected chi connectivity index (χ0v) is 11.0. The standard InChI is InChI=1S/C15H18N2O2/c1-10-2-3-13-11(8-10)9-14(19-13)15(18)17-12-4-6-16-7-5-12/h2-3,8-9,12,16H,4-7H2,1H3,(H,17,18). The molecule has 1 aliphatic rings. The molecule has 3 rings (SSSR count). The van der Waals surface area contributed by atoms with Crippen molar-refractivity contribution >= 4 is 16.9 Å². The lowest BCUT2D eigenvalue weighted by Gasteiger charge is -2.23. The summed E-state index contributed by atoms with van der Waals surface area (Å²) in [5.41, 5.74) is 1.93. The van der Waals surface area contributed by atoms with Crippen molar-refractivity contribution in [2.24, 2.45) is 0 Å². The third kappa shape index (κ3) is 2.63. The molecule has 100 valence electrons. The van der Waals surface area contributed by atoms with E-state index in [1.165, 1.54) is 5.56 Å². The first-order valence-electron chi connectivity index (χ1n) is 6.74. The fraction of sp³-hybridized carbons (Fsp3) is 0.400. The molecule has 2 aromatic rings. The summed E-state index contributed by atoms with van der Waals surface area (Å²) in [6, 6.07) is 7.99. The number of amides is 1. The molecule has 0 saturated carbocycles. The van der Waals surface area contributed by atoms with Gasteiger partial charge in [0.05, 0.1) is 0 Å². The van der Waals surface area contributed by atoms with Crippen molar-refractivity contribution in [3.8, 4) is 0 Å². The number of piperidine rings is 1. The van der Waals surface area contributed by atoms with Gasteiger partial charge in [-0.3, -0.25) is 4.79 Å². The van der Waals surface area contributed by atoms with Gasteiger partial charge >= 0.3 is 0 Å². The van der Waals surface area contributed by atoms with Crippen LogP contribution in [0.3, 0.4) is 0 Å². The Morgan fingerprint density at radius 1 is 1.32 bits per heavy atom. The van der Waals surface area contributed by atoms with E-state index in [0.717, 1.165) is 36.9 Å². The zero-order valence-electron chi connectivity index (χ0n) is 11.0. The summed E-state index contributed by atoms with van der Waals surface area (Å²) in [7, 11) is 0. The van der Waals surface area contributed by atoms with Gasteiger partial charge in [0.2, 0.25) is 0 Å². The highest BCUT2D eigenvalue weighted by Gasteiger charge is 2.18. The number of hydrogen-bond donors (Lipinski definition) is 2. The van der Waals surface area contributed by atoms with Crippen molar-refractivity contribution < 1.29 is 9.21 Å². The van der Waals surface area contributed by atoms with Gasteiger partial charge in [0.15, 0.2) is 5.76 Å². The van der Waals surface area contributed by atoms with E-state index >= 15 is 0 Å². The smallest absolute Gasteiger partial charge is 0.287 e. The SMILES string of the molecule is Cc1ccc2oc(C(=O)NC3CCNCC3)cc2c1. The van der Waals surface area contributed by atoms with Crippen molar-refractivity contribution in [1.29, 1.82) is 0 Å². The fourth-order valence-electron chi connectivity index (χ4n) is 2.50. The van der Waals surface area contributed by atoms with Gasteiger partial charge in [-0.2, -0.15) is 0 Å². The van der Waals surface area contributed by atoms with E-state index in [-0.39, 0.29) is 11.9 Å². The molecule has 2 heterocycles. The Balaban J connectivity index is 1.77. The Kier molecular flexibility index (Phi) is 3.25. The van der Waals surface area contributed by atoms with Crippen LogP contribution in [0.1, 0.15) is 29.0 Å². The Morgan fingerprint density at radius 2 is 2.11 bits per heavy atom. The van der Waals surface area contributed by atoms with Gasteiger partial charge in [0, 0.05) is 11.4 Å². The fourth-order valence-corrected chi connectivity index (χ4v) is 2.50. The molecular formula is C15H18N2O2. The van der Waals surface area contributed by atoms with Crippen LogP contribution in [0.25, 0.3) is 11.0 Å². The van der Waals surface area contributed by atoms with E-state index in [9.17, 15) is 4.79 Å². The highest BCUT2D eigenvalue weighted by atomic mass is 16.3. The van der Waals surface area contributed by atoms with Crippen LogP contribution in [0.5, 0.6) is 0 Å². The van der Waals surface area contributed by atoms with Crippen LogP contribution in [0.15, 0.2) is 28.7 Å². The largest absolute Gasteiger partial charge is 0.451 e. The number of fused-ring (bicyclic) bond motifs is 1. The van der Waals surface area contributed by atoms with Crippen LogP contribution < -0.4 is 10.6 Å². The highest BCUT2D eigenvalue weighted by molar-refractivity contribution is 5.96. The van der Waals surface area contributed by atoms with Crippen LogP contribution in [0.2, 0.25) is 0 Å². The Morgan fingerprint density at radius 3 is 2.89 bits per heavy atom. The summed E-state index contributed by atoms with van der Waals surface area (Å²) in [5, 5.41) is 7.30. The summed E-state index contributed by atoms with van der Waals surface area (Å²) in [6.45, 7) is 3.95. The first-order valence-corrected chi connectivity index (χ1v) is 6.74. The minimum absolute atomic E-state index is 0.110. The highest BCUT2D eigenvalue weighted by Crippen LogP contribution is 2.20. The molecule has 0 bridgehead atoms. The molecule has 1 amide bonds. The summed E-state index contributed by atoms with van der Waals surface area (Å²) in [5.74, 6) is 0.292. The Labute approximate surface area is 112 Å². The normalized spacial score (nSPS) is 16.7. The minimum Gasteiger partial charge on any atom is -0.451 e. The number of hydrogen-bond acceptors (Lipinski definition) is 3. The van der Waals surface area contributed by atoms with Crippen LogP contribution in [-0.2, 0) is 0 Å². The molecule has 0 atom stereocenters. The van der Waals surface area contributed by atoms with Crippen LogP contribution >= 0.6 is 0 Å². The lowest BCUT2D eigenvalue weighted by atomic mass is 10.1. The zero-order chi connectivity index (χ0) is 13.2. The summed E-state index contributed by atoms with van der Waals surface area (Å²) in [6.07, 6.45) is 1.95. The molecule has 1 aromatic heterocycles. The predicted octanol–water partition coefficient (Wildman–Crippen LogP) is 2.22. The molecule has 0 unspecified atom stereocenters. The molecule has 0 radical (unpaired) electrons. The van der Waals surface area contributed by atoms with Crippen LogP contribution in [0.4, 0.5) is 0 Å². The number of nitrogens with one attached hydrogen (secondary N) is 2. The summed E-state index contributed by atoms with van der Waals surface area (Å²) < 4.78 is 5.60. The predicted molar refractivity (Wildman–Crippen MR) is 74.3 cm³/mol. The van der Waals surface area contributed by atoms with Gasteiger partial charge in [0.1, 0.15) is 5.58 Å². The number of carbonyl (C=O) groups is 1. The van der Waals surface area contributed by atoms with Crippen molar-refractivity contribution in [1.82, 2.24) is 10.6 Å². The van der Waals surface area contributed by atoms with E-state index in [2.05, 4.69) is 10.6 Å². The van der Waals surface area contributed by atoms with Gasteiger partial charge in [-0.15, -0.1) is 0 Å². The van der Waals surface area contributed by atoms with E-state index in [0.29, 0.717) is 5.76 Å². The lowest BCUT2D eigenvalue weighted by Crippen LogP contribution is -2.42. The maximum Gasteiger partial charge on any atom is 0.287 e. The lowest BCUT2D eigenvalue weighted by molar-refractivity contribution is 0.0903. The average molecular weight is 258 g/mol. The molecule has 19 heavy (non-hydrogen) atoms. The molecule has 1 aromatic carbocycles. The number of furan rings is 1. The second kappa shape index (κ2) is 5.05. The first-order chi connectivity index (χ1) is 9.22. The third-order valence-corrected chi connectivity index (χ3v) is 3.57. The maximum atomic E-state index is 12.1. The number of carbonyl (C=O) groups excluding carboxylic acids is 1. The molecule has 0 spiro atoms. The summed E-state index contributed by atoms with van der Waals surface area (Å²) >= 11 is 0. The molecule has 4 nitrogen and oxygen atoms in total. The second-order valence-corrected chi connectivity index (χ2v) is 5.15. The van der Waals surface area contributed by atoms with Gasteiger partial charge in [-0.25, -0.2) is 0 Å². The molecular weight excluding hydrogens is 240 g/mol. The van der Waals surface area contributed by atoms with E-state index < -0.39 is 0 Å². The number of benzene rings is 1. The molecule has 0 aliphatic carbocycles. The second-order valence-electron chi connectivity index (χ2n) is 5.15. The maximum absolute atomic E-state index is 12.1. The van der Waals surface area contributed by atoms with Crippen molar-refractivity contribution in [3.05, 3.63) is 35.6 Å².